The fourth-order valence-electron chi connectivity index (χ4n) is 1.34. The number of thioether (sulfide) groups is 1. The fraction of sp³-hybridized carbons (Fsp3) is 0.625. The maximum absolute atomic E-state index is 10.8. The van der Waals surface area contributed by atoms with Crippen LogP contribution in [0.5, 0.6) is 0 Å². The van der Waals surface area contributed by atoms with Gasteiger partial charge in [0.1, 0.15) is 11.9 Å². The lowest BCUT2D eigenvalue weighted by atomic mass is 10.4. The fourth-order valence-corrected chi connectivity index (χ4v) is 2.26. The Morgan fingerprint density at radius 2 is 2.50 bits per heavy atom. The summed E-state index contributed by atoms with van der Waals surface area (Å²) >= 11 is 1.50. The van der Waals surface area contributed by atoms with E-state index >= 15 is 0 Å². The maximum atomic E-state index is 10.8. The van der Waals surface area contributed by atoms with Gasteiger partial charge in [-0.15, -0.1) is 10.2 Å². The second-order valence-electron chi connectivity index (χ2n) is 3.38. The van der Waals surface area contributed by atoms with Crippen LogP contribution in [-0.4, -0.2) is 39.3 Å². The van der Waals surface area contributed by atoms with E-state index in [1.165, 1.54) is 11.8 Å². The summed E-state index contributed by atoms with van der Waals surface area (Å²) < 4.78 is 6.85. The largest absolute Gasteiger partial charge is 0.443 e. The number of hydrogen-bond donors (Lipinski definition) is 2. The number of carbonyl (C=O) groups is 1. The van der Waals surface area contributed by atoms with E-state index in [0.29, 0.717) is 18.8 Å². The van der Waals surface area contributed by atoms with E-state index in [-0.39, 0.29) is 12.2 Å². The molecule has 88 valence electrons. The third-order valence-electron chi connectivity index (χ3n) is 2.25. The highest BCUT2D eigenvalue weighted by molar-refractivity contribution is 7.99. The molecule has 1 aromatic heterocycles. The van der Waals surface area contributed by atoms with Gasteiger partial charge in [-0.1, -0.05) is 11.8 Å². The molecule has 1 amide bonds. The lowest BCUT2D eigenvalue weighted by Gasteiger charge is -2.06. The van der Waals surface area contributed by atoms with Gasteiger partial charge < -0.3 is 20.4 Å². The van der Waals surface area contributed by atoms with Gasteiger partial charge in [-0.05, 0) is 0 Å². The number of aromatic nitrogens is 3. The van der Waals surface area contributed by atoms with Crippen molar-refractivity contribution in [1.82, 2.24) is 20.1 Å². The SMILES string of the molecule is Cn1c(CN)nnc1SCC1CNC(=O)O1. The molecule has 1 unspecified atom stereocenters. The molecule has 1 saturated heterocycles. The summed E-state index contributed by atoms with van der Waals surface area (Å²) in [6.45, 7) is 0.914. The van der Waals surface area contributed by atoms with E-state index in [1.807, 2.05) is 11.6 Å². The molecule has 1 fully saturated rings. The van der Waals surface area contributed by atoms with Gasteiger partial charge >= 0.3 is 6.09 Å². The third-order valence-corrected chi connectivity index (χ3v) is 3.41. The predicted octanol–water partition coefficient (Wildman–Crippen LogP) is -0.526. The van der Waals surface area contributed by atoms with Crippen LogP contribution in [0.1, 0.15) is 5.82 Å². The summed E-state index contributed by atoms with van der Waals surface area (Å²) in [5, 5.41) is 11.3. The number of nitrogens with one attached hydrogen (secondary N) is 1. The molecular formula is C8H13N5O2S. The summed E-state index contributed by atoms with van der Waals surface area (Å²) in [5.41, 5.74) is 5.49. The van der Waals surface area contributed by atoms with Crippen molar-refractivity contribution in [3.05, 3.63) is 5.82 Å². The summed E-state index contributed by atoms with van der Waals surface area (Å²) in [5.74, 6) is 1.40. The Bertz CT molecular complexity index is 394. The number of nitrogens with zero attached hydrogens (tertiary/aromatic N) is 3. The first-order chi connectivity index (χ1) is 7.70. The Balaban J connectivity index is 1.89. The monoisotopic (exact) mass is 243 g/mol. The summed E-state index contributed by atoms with van der Waals surface area (Å²) in [6.07, 6.45) is -0.457. The Morgan fingerprint density at radius 3 is 3.06 bits per heavy atom. The van der Waals surface area contributed by atoms with Crippen LogP contribution in [0.2, 0.25) is 0 Å². The molecule has 0 spiro atoms. The lowest BCUT2D eigenvalue weighted by Crippen LogP contribution is -2.17. The number of rotatable bonds is 4. The molecule has 3 N–H and O–H groups in total. The van der Waals surface area contributed by atoms with Crippen LogP contribution in [0.4, 0.5) is 4.79 Å². The number of amides is 1. The molecule has 1 aromatic rings. The van der Waals surface area contributed by atoms with Crippen molar-refractivity contribution in [1.29, 1.82) is 0 Å². The molecule has 0 aromatic carbocycles. The van der Waals surface area contributed by atoms with Gasteiger partial charge in [-0.3, -0.25) is 0 Å². The minimum atomic E-state index is -0.355. The summed E-state index contributed by atoms with van der Waals surface area (Å²) in [7, 11) is 1.86. The van der Waals surface area contributed by atoms with Crippen LogP contribution < -0.4 is 11.1 Å². The average Bonchev–Trinajstić information content (AvgIpc) is 2.83. The summed E-state index contributed by atoms with van der Waals surface area (Å²) in [4.78, 5) is 10.8. The Labute approximate surface area is 96.7 Å². The van der Waals surface area contributed by atoms with Gasteiger partial charge in [-0.25, -0.2) is 4.79 Å². The highest BCUT2D eigenvalue weighted by Crippen LogP contribution is 2.18. The van der Waals surface area contributed by atoms with Gasteiger partial charge in [0.25, 0.3) is 0 Å². The van der Waals surface area contributed by atoms with Crippen molar-refractivity contribution in [2.75, 3.05) is 12.3 Å². The van der Waals surface area contributed by atoms with Crippen molar-refractivity contribution < 1.29 is 9.53 Å². The second-order valence-corrected chi connectivity index (χ2v) is 4.37. The second kappa shape index (κ2) is 4.71. The Morgan fingerprint density at radius 1 is 1.69 bits per heavy atom. The molecule has 1 aliphatic heterocycles. The quantitative estimate of drug-likeness (QED) is 0.691. The van der Waals surface area contributed by atoms with Crippen LogP contribution in [-0.2, 0) is 18.3 Å². The topological polar surface area (TPSA) is 95.1 Å². The number of alkyl carbamates (subject to hydrolysis) is 1. The molecule has 0 saturated carbocycles. The molecule has 2 rings (SSSR count). The van der Waals surface area contributed by atoms with Crippen molar-refractivity contribution in [3.63, 3.8) is 0 Å². The molecule has 2 heterocycles. The number of cyclic esters (lactones) is 1. The van der Waals surface area contributed by atoms with Crippen molar-refractivity contribution >= 4 is 17.9 Å². The minimum Gasteiger partial charge on any atom is -0.443 e. The van der Waals surface area contributed by atoms with Gasteiger partial charge in [0.05, 0.1) is 13.1 Å². The first-order valence-electron chi connectivity index (χ1n) is 4.86. The smallest absolute Gasteiger partial charge is 0.407 e. The van der Waals surface area contributed by atoms with Gasteiger partial charge in [0, 0.05) is 12.8 Å². The number of nitrogens with two attached hydrogens (primary N) is 1. The van der Waals surface area contributed by atoms with Gasteiger partial charge in [0.2, 0.25) is 0 Å². The maximum Gasteiger partial charge on any atom is 0.407 e. The molecule has 1 atom stereocenters. The van der Waals surface area contributed by atoms with Crippen LogP contribution in [0, 0.1) is 0 Å². The van der Waals surface area contributed by atoms with E-state index in [9.17, 15) is 4.79 Å². The molecule has 16 heavy (non-hydrogen) atoms. The Hall–Kier alpha value is -1.28. The first-order valence-corrected chi connectivity index (χ1v) is 5.85. The zero-order valence-corrected chi connectivity index (χ0v) is 9.66. The van der Waals surface area contributed by atoms with E-state index in [1.54, 1.807) is 0 Å². The predicted molar refractivity (Wildman–Crippen MR) is 57.9 cm³/mol. The lowest BCUT2D eigenvalue weighted by molar-refractivity contribution is 0.150. The molecule has 0 bridgehead atoms. The van der Waals surface area contributed by atoms with E-state index in [0.717, 1.165) is 11.0 Å². The van der Waals surface area contributed by atoms with Crippen LogP contribution >= 0.6 is 11.8 Å². The molecule has 7 nitrogen and oxygen atoms in total. The van der Waals surface area contributed by atoms with Crippen molar-refractivity contribution in [2.45, 2.75) is 17.8 Å². The zero-order chi connectivity index (χ0) is 11.5. The minimum absolute atomic E-state index is 0.101. The first kappa shape index (κ1) is 11.2. The van der Waals surface area contributed by atoms with Gasteiger partial charge in [-0.2, -0.15) is 0 Å². The van der Waals surface area contributed by atoms with Crippen LogP contribution in [0.3, 0.4) is 0 Å². The molecular weight excluding hydrogens is 230 g/mol. The van der Waals surface area contributed by atoms with E-state index in [2.05, 4.69) is 15.5 Å². The zero-order valence-electron chi connectivity index (χ0n) is 8.84. The van der Waals surface area contributed by atoms with Crippen LogP contribution in [0.25, 0.3) is 0 Å². The summed E-state index contributed by atoms with van der Waals surface area (Å²) in [6, 6.07) is 0. The number of hydrogen-bond acceptors (Lipinski definition) is 6. The van der Waals surface area contributed by atoms with E-state index in [4.69, 9.17) is 10.5 Å². The standard InChI is InChI=1S/C8H13N5O2S/c1-13-6(2-9)11-12-7(13)16-4-5-3-10-8(14)15-5/h5H,2-4,9H2,1H3,(H,10,14). The molecule has 0 aliphatic carbocycles. The highest BCUT2D eigenvalue weighted by atomic mass is 32.2. The Kier molecular flexibility index (Phi) is 3.30. The van der Waals surface area contributed by atoms with Crippen molar-refractivity contribution in [2.24, 2.45) is 12.8 Å². The number of ether oxygens (including phenoxy) is 1. The van der Waals surface area contributed by atoms with Gasteiger partial charge in [0.15, 0.2) is 5.16 Å². The van der Waals surface area contributed by atoms with Crippen LogP contribution in [0.15, 0.2) is 5.16 Å². The number of carbonyl (C=O) groups excluding carboxylic acids is 1. The molecule has 1 aliphatic rings. The molecule has 8 heteroatoms. The molecule has 0 radical (unpaired) electrons. The van der Waals surface area contributed by atoms with E-state index < -0.39 is 0 Å². The normalized spacial score (nSPS) is 19.6. The third kappa shape index (κ3) is 2.27. The average molecular weight is 243 g/mol. The van der Waals surface area contributed by atoms with Crippen molar-refractivity contribution in [3.8, 4) is 0 Å². The highest BCUT2D eigenvalue weighted by Gasteiger charge is 2.23.